The molecular formula is C10H6ClNO2. The second-order valence-electron chi connectivity index (χ2n) is 2.68. The molecule has 0 amide bonds. The summed E-state index contributed by atoms with van der Waals surface area (Å²) in [7, 11) is 0. The number of hydrogen-bond acceptors (Lipinski definition) is 3. The molecule has 0 fully saturated rings. The third-order valence-electron chi connectivity index (χ3n) is 1.75. The van der Waals surface area contributed by atoms with E-state index in [0.717, 1.165) is 5.56 Å². The van der Waals surface area contributed by atoms with Crippen LogP contribution in [0.25, 0.3) is 11.3 Å². The summed E-state index contributed by atoms with van der Waals surface area (Å²) in [4.78, 5) is 14.7. The van der Waals surface area contributed by atoms with Crippen LogP contribution in [0.15, 0.2) is 41.1 Å². The maximum Gasteiger partial charge on any atom is 0.287 e. The van der Waals surface area contributed by atoms with Crippen molar-refractivity contribution in [1.29, 1.82) is 0 Å². The molecule has 0 saturated carbocycles. The average molecular weight is 208 g/mol. The number of rotatable bonds is 2. The quantitative estimate of drug-likeness (QED) is 0.712. The predicted octanol–water partition coefficient (Wildman–Crippen LogP) is 2.72. The van der Waals surface area contributed by atoms with Gasteiger partial charge < -0.3 is 4.42 Å². The molecule has 0 spiro atoms. The van der Waals surface area contributed by atoms with Gasteiger partial charge >= 0.3 is 0 Å². The molecule has 2 aromatic heterocycles. The van der Waals surface area contributed by atoms with E-state index in [1.165, 1.54) is 6.07 Å². The van der Waals surface area contributed by atoms with E-state index >= 15 is 0 Å². The first-order valence-corrected chi connectivity index (χ1v) is 4.35. The number of hydrogen-bond donors (Lipinski definition) is 0. The summed E-state index contributed by atoms with van der Waals surface area (Å²) in [5.41, 5.74) is 0.816. The summed E-state index contributed by atoms with van der Waals surface area (Å²) in [5, 5.41) is -0.597. The van der Waals surface area contributed by atoms with Crippen molar-refractivity contribution in [1.82, 2.24) is 4.98 Å². The number of carbonyl (C=O) groups excluding carboxylic acids is 1. The van der Waals surface area contributed by atoms with Gasteiger partial charge in [-0.25, -0.2) is 0 Å². The minimum absolute atomic E-state index is 0.144. The van der Waals surface area contributed by atoms with E-state index < -0.39 is 5.24 Å². The fourth-order valence-corrected chi connectivity index (χ4v) is 1.21. The van der Waals surface area contributed by atoms with E-state index in [1.807, 2.05) is 6.07 Å². The fraction of sp³-hybridized carbons (Fsp3) is 0. The molecule has 70 valence electrons. The molecule has 0 aliphatic heterocycles. The Morgan fingerprint density at radius 2 is 2.21 bits per heavy atom. The largest absolute Gasteiger partial charge is 0.452 e. The molecule has 0 radical (unpaired) electrons. The second kappa shape index (κ2) is 3.64. The summed E-state index contributed by atoms with van der Waals surface area (Å²) in [6.45, 7) is 0. The van der Waals surface area contributed by atoms with Gasteiger partial charge in [0, 0.05) is 18.0 Å². The van der Waals surface area contributed by atoms with Gasteiger partial charge in [-0.05, 0) is 35.9 Å². The van der Waals surface area contributed by atoms with Gasteiger partial charge in [0.25, 0.3) is 5.24 Å². The molecule has 3 nitrogen and oxygen atoms in total. The highest BCUT2D eigenvalue weighted by Crippen LogP contribution is 2.21. The van der Waals surface area contributed by atoms with Crippen LogP contribution in [-0.2, 0) is 0 Å². The van der Waals surface area contributed by atoms with Gasteiger partial charge in [-0.15, -0.1) is 0 Å². The average Bonchev–Trinajstić information content (AvgIpc) is 2.68. The molecule has 0 aliphatic carbocycles. The van der Waals surface area contributed by atoms with Crippen LogP contribution < -0.4 is 0 Å². The van der Waals surface area contributed by atoms with E-state index in [-0.39, 0.29) is 5.76 Å². The molecule has 0 atom stereocenters. The Bertz CT molecular complexity index is 450. The van der Waals surface area contributed by atoms with Crippen LogP contribution in [0, 0.1) is 0 Å². The van der Waals surface area contributed by atoms with Crippen molar-refractivity contribution in [2.45, 2.75) is 0 Å². The van der Waals surface area contributed by atoms with Crippen molar-refractivity contribution in [3.05, 3.63) is 42.4 Å². The molecule has 2 heterocycles. The van der Waals surface area contributed by atoms with Gasteiger partial charge in [0.05, 0.1) is 0 Å². The highest BCUT2D eigenvalue weighted by atomic mass is 35.5. The zero-order valence-electron chi connectivity index (χ0n) is 7.11. The molecule has 4 heteroatoms. The highest BCUT2D eigenvalue weighted by molar-refractivity contribution is 6.67. The molecule has 2 aromatic rings. The van der Waals surface area contributed by atoms with E-state index in [2.05, 4.69) is 4.98 Å². The molecule has 0 saturated heterocycles. The van der Waals surface area contributed by atoms with Gasteiger partial charge in [0.1, 0.15) is 5.76 Å². The summed E-state index contributed by atoms with van der Waals surface area (Å²) >= 11 is 5.26. The number of pyridine rings is 1. The summed E-state index contributed by atoms with van der Waals surface area (Å²) in [6, 6.07) is 6.86. The topological polar surface area (TPSA) is 43.1 Å². The summed E-state index contributed by atoms with van der Waals surface area (Å²) in [5.74, 6) is 0.729. The van der Waals surface area contributed by atoms with E-state index in [1.54, 1.807) is 24.5 Å². The lowest BCUT2D eigenvalue weighted by molar-refractivity contribution is 0.105. The first-order chi connectivity index (χ1) is 6.77. The SMILES string of the molecule is O=C(Cl)c1ccc(-c2cccnc2)o1. The molecule has 2 rings (SSSR count). The van der Waals surface area contributed by atoms with E-state index in [9.17, 15) is 4.79 Å². The number of furan rings is 1. The maximum atomic E-state index is 10.7. The lowest BCUT2D eigenvalue weighted by Gasteiger charge is -1.93. The Morgan fingerprint density at radius 3 is 2.79 bits per heavy atom. The van der Waals surface area contributed by atoms with Crippen LogP contribution in [0.3, 0.4) is 0 Å². The minimum atomic E-state index is -0.597. The van der Waals surface area contributed by atoms with Crippen molar-refractivity contribution in [3.63, 3.8) is 0 Å². The van der Waals surface area contributed by atoms with Crippen molar-refractivity contribution < 1.29 is 9.21 Å². The summed E-state index contributed by atoms with van der Waals surface area (Å²) < 4.78 is 5.21. The van der Waals surface area contributed by atoms with Gasteiger partial charge in [0.2, 0.25) is 0 Å². The monoisotopic (exact) mass is 207 g/mol. The van der Waals surface area contributed by atoms with Crippen LogP contribution in [0.4, 0.5) is 0 Å². The Labute approximate surface area is 85.3 Å². The smallest absolute Gasteiger partial charge is 0.287 e. The van der Waals surface area contributed by atoms with Crippen molar-refractivity contribution in [3.8, 4) is 11.3 Å². The molecule has 0 aliphatic rings. The zero-order valence-corrected chi connectivity index (χ0v) is 7.86. The van der Waals surface area contributed by atoms with Crippen LogP contribution in [0.2, 0.25) is 0 Å². The number of carbonyl (C=O) groups is 1. The lowest BCUT2D eigenvalue weighted by Crippen LogP contribution is -1.82. The van der Waals surface area contributed by atoms with Gasteiger partial charge in [0.15, 0.2) is 5.76 Å². The molecular weight excluding hydrogens is 202 g/mol. The number of nitrogens with zero attached hydrogens (tertiary/aromatic N) is 1. The van der Waals surface area contributed by atoms with Gasteiger partial charge in [-0.1, -0.05) is 0 Å². The third kappa shape index (κ3) is 1.67. The van der Waals surface area contributed by atoms with Crippen molar-refractivity contribution in [2.24, 2.45) is 0 Å². The lowest BCUT2D eigenvalue weighted by atomic mass is 10.2. The normalized spacial score (nSPS) is 10.1. The Kier molecular flexibility index (Phi) is 2.33. The van der Waals surface area contributed by atoms with Crippen molar-refractivity contribution >= 4 is 16.8 Å². The third-order valence-corrected chi connectivity index (χ3v) is 1.93. The maximum absolute atomic E-state index is 10.7. The Hall–Kier alpha value is -1.61. The molecule has 0 bridgehead atoms. The zero-order chi connectivity index (χ0) is 9.97. The Balaban J connectivity index is 2.39. The number of aromatic nitrogens is 1. The van der Waals surface area contributed by atoms with Crippen LogP contribution in [-0.4, -0.2) is 10.2 Å². The predicted molar refractivity (Wildman–Crippen MR) is 52.1 cm³/mol. The highest BCUT2D eigenvalue weighted by Gasteiger charge is 2.08. The first kappa shape index (κ1) is 8.97. The second-order valence-corrected chi connectivity index (χ2v) is 3.02. The van der Waals surface area contributed by atoms with Crippen LogP contribution >= 0.6 is 11.6 Å². The van der Waals surface area contributed by atoms with Gasteiger partial charge in [-0.2, -0.15) is 0 Å². The Morgan fingerprint density at radius 1 is 1.36 bits per heavy atom. The van der Waals surface area contributed by atoms with Crippen LogP contribution in [0.5, 0.6) is 0 Å². The number of halogens is 1. The van der Waals surface area contributed by atoms with E-state index in [4.69, 9.17) is 16.0 Å². The van der Waals surface area contributed by atoms with E-state index in [0.29, 0.717) is 5.76 Å². The van der Waals surface area contributed by atoms with Crippen molar-refractivity contribution in [2.75, 3.05) is 0 Å². The fourth-order valence-electron chi connectivity index (χ4n) is 1.11. The standard InChI is InChI=1S/C10H6ClNO2/c11-10(13)9-4-3-8(14-9)7-2-1-5-12-6-7/h1-6H. The summed E-state index contributed by atoms with van der Waals surface area (Å²) in [6.07, 6.45) is 3.32. The molecule has 0 unspecified atom stereocenters. The molecule has 0 aromatic carbocycles. The van der Waals surface area contributed by atoms with Crippen LogP contribution in [0.1, 0.15) is 10.6 Å². The molecule has 14 heavy (non-hydrogen) atoms. The molecule has 0 N–H and O–H groups in total. The van der Waals surface area contributed by atoms with Gasteiger partial charge in [-0.3, -0.25) is 9.78 Å². The minimum Gasteiger partial charge on any atom is -0.452 e. The first-order valence-electron chi connectivity index (χ1n) is 3.97.